The van der Waals surface area contributed by atoms with Crippen LogP contribution in [0, 0.1) is 11.7 Å². The van der Waals surface area contributed by atoms with Crippen LogP contribution in [0.15, 0.2) is 48.5 Å². The first kappa shape index (κ1) is 17.6. The second-order valence-corrected chi connectivity index (χ2v) is 6.75. The molecule has 1 fully saturated rings. The summed E-state index contributed by atoms with van der Waals surface area (Å²) in [4.78, 5) is 26.9. The smallest absolute Gasteiger partial charge is 0.255 e. The number of piperidine rings is 1. The Kier molecular flexibility index (Phi) is 5.49. The molecule has 0 unspecified atom stereocenters. The first-order valence-electron chi connectivity index (χ1n) is 8.35. The van der Waals surface area contributed by atoms with E-state index in [9.17, 15) is 14.0 Å². The van der Waals surface area contributed by atoms with E-state index in [2.05, 4.69) is 0 Å². The Morgan fingerprint density at radius 3 is 2.64 bits per heavy atom. The molecule has 2 aromatic rings. The molecule has 3 rings (SSSR count). The normalized spacial score (nSPS) is 17.4. The number of likely N-dealkylation sites (tertiary alicyclic amines) is 1. The molecule has 130 valence electrons. The summed E-state index contributed by atoms with van der Waals surface area (Å²) < 4.78 is 13.2. The third-order valence-electron chi connectivity index (χ3n) is 4.55. The van der Waals surface area contributed by atoms with Gasteiger partial charge in [-0.3, -0.25) is 9.59 Å². The molecule has 0 N–H and O–H groups in total. The number of amides is 1. The third kappa shape index (κ3) is 4.26. The Hall–Kier alpha value is -2.20. The maximum Gasteiger partial charge on any atom is 0.255 e. The lowest BCUT2D eigenvalue weighted by atomic mass is 9.90. The fourth-order valence-corrected chi connectivity index (χ4v) is 3.45. The van der Waals surface area contributed by atoms with Gasteiger partial charge in [-0.15, -0.1) is 0 Å². The maximum atomic E-state index is 13.2. The lowest BCUT2D eigenvalue weighted by molar-refractivity contribution is -0.123. The molecule has 1 amide bonds. The number of Topliss-reactive ketones (excluding diaryl/α,β-unsaturated/α-hetero) is 1. The predicted octanol–water partition coefficient (Wildman–Crippen LogP) is 4.14. The summed E-state index contributed by atoms with van der Waals surface area (Å²) in [5.41, 5.74) is 1.26. The maximum absolute atomic E-state index is 13.2. The van der Waals surface area contributed by atoms with Crippen LogP contribution in [-0.4, -0.2) is 29.7 Å². The Labute approximate surface area is 151 Å². The van der Waals surface area contributed by atoms with E-state index in [0.717, 1.165) is 24.5 Å². The van der Waals surface area contributed by atoms with E-state index in [1.807, 2.05) is 30.3 Å². The molecule has 0 saturated carbocycles. The van der Waals surface area contributed by atoms with Gasteiger partial charge in [-0.25, -0.2) is 4.39 Å². The quantitative estimate of drug-likeness (QED) is 0.822. The Morgan fingerprint density at radius 1 is 1.16 bits per heavy atom. The fraction of sp³-hybridized carbons (Fsp3) is 0.300. The number of hydrogen-bond donors (Lipinski definition) is 0. The van der Waals surface area contributed by atoms with Crippen molar-refractivity contribution in [3.05, 3.63) is 70.5 Å². The summed E-state index contributed by atoms with van der Waals surface area (Å²) in [6.07, 6.45) is 1.94. The molecule has 1 aliphatic heterocycles. The molecule has 25 heavy (non-hydrogen) atoms. The number of carbonyl (C=O) groups is 2. The molecule has 1 aliphatic rings. The zero-order chi connectivity index (χ0) is 17.8. The molecular formula is C20H19ClFNO2. The molecule has 1 atom stereocenters. The third-order valence-corrected chi connectivity index (χ3v) is 4.86. The minimum absolute atomic E-state index is 0.0998. The van der Waals surface area contributed by atoms with E-state index in [0.29, 0.717) is 19.5 Å². The van der Waals surface area contributed by atoms with Gasteiger partial charge in [0.2, 0.25) is 0 Å². The highest BCUT2D eigenvalue weighted by molar-refractivity contribution is 6.33. The van der Waals surface area contributed by atoms with Gasteiger partial charge in [-0.05, 0) is 36.6 Å². The molecule has 0 bridgehead atoms. The van der Waals surface area contributed by atoms with E-state index >= 15 is 0 Å². The van der Waals surface area contributed by atoms with Crippen molar-refractivity contribution < 1.29 is 14.0 Å². The van der Waals surface area contributed by atoms with Gasteiger partial charge in [0.25, 0.3) is 5.91 Å². The molecule has 1 saturated heterocycles. The van der Waals surface area contributed by atoms with Gasteiger partial charge in [-0.2, -0.15) is 0 Å². The topological polar surface area (TPSA) is 37.4 Å². The molecular weight excluding hydrogens is 341 g/mol. The number of carbonyl (C=O) groups excluding carboxylic acids is 2. The fourth-order valence-electron chi connectivity index (χ4n) is 3.20. The summed E-state index contributed by atoms with van der Waals surface area (Å²) in [7, 11) is 0. The van der Waals surface area contributed by atoms with E-state index in [4.69, 9.17) is 11.6 Å². The van der Waals surface area contributed by atoms with Crippen LogP contribution in [0.1, 0.15) is 28.8 Å². The average Bonchev–Trinajstić information content (AvgIpc) is 2.62. The molecule has 0 spiro atoms. The van der Waals surface area contributed by atoms with Crippen molar-refractivity contribution in [1.29, 1.82) is 0 Å². The van der Waals surface area contributed by atoms with Crippen LogP contribution in [0.4, 0.5) is 4.39 Å². The van der Waals surface area contributed by atoms with Crippen LogP contribution in [-0.2, 0) is 11.2 Å². The number of benzene rings is 2. The molecule has 3 nitrogen and oxygen atoms in total. The Balaban J connectivity index is 1.68. The van der Waals surface area contributed by atoms with Gasteiger partial charge >= 0.3 is 0 Å². The second-order valence-electron chi connectivity index (χ2n) is 6.34. The van der Waals surface area contributed by atoms with E-state index in [-0.39, 0.29) is 28.2 Å². The van der Waals surface area contributed by atoms with Crippen molar-refractivity contribution >= 4 is 23.3 Å². The van der Waals surface area contributed by atoms with Gasteiger partial charge < -0.3 is 4.90 Å². The minimum Gasteiger partial charge on any atom is -0.338 e. The highest BCUT2D eigenvalue weighted by atomic mass is 35.5. The van der Waals surface area contributed by atoms with Crippen molar-refractivity contribution in [2.75, 3.05) is 13.1 Å². The lowest BCUT2D eigenvalue weighted by Crippen LogP contribution is -2.42. The van der Waals surface area contributed by atoms with E-state index in [1.165, 1.54) is 12.1 Å². The molecule has 0 radical (unpaired) electrons. The zero-order valence-electron chi connectivity index (χ0n) is 13.8. The largest absolute Gasteiger partial charge is 0.338 e. The first-order valence-corrected chi connectivity index (χ1v) is 8.73. The van der Waals surface area contributed by atoms with Gasteiger partial charge in [0.1, 0.15) is 11.6 Å². The summed E-state index contributed by atoms with van der Waals surface area (Å²) in [6.45, 7) is 0.972. The number of ketones is 1. The minimum atomic E-state index is -0.476. The zero-order valence-corrected chi connectivity index (χ0v) is 14.5. The highest BCUT2D eigenvalue weighted by Crippen LogP contribution is 2.24. The van der Waals surface area contributed by atoms with Crippen LogP contribution in [0.5, 0.6) is 0 Å². The number of hydrogen-bond acceptors (Lipinski definition) is 2. The van der Waals surface area contributed by atoms with Gasteiger partial charge in [-0.1, -0.05) is 41.9 Å². The van der Waals surface area contributed by atoms with Gasteiger partial charge in [0.15, 0.2) is 0 Å². The number of halogens is 2. The predicted molar refractivity (Wildman–Crippen MR) is 95.2 cm³/mol. The number of rotatable bonds is 4. The van der Waals surface area contributed by atoms with Crippen LogP contribution in [0.3, 0.4) is 0 Å². The summed E-state index contributed by atoms with van der Waals surface area (Å²) in [6, 6.07) is 13.4. The second kappa shape index (κ2) is 7.79. The van der Waals surface area contributed by atoms with Gasteiger partial charge in [0, 0.05) is 25.4 Å². The van der Waals surface area contributed by atoms with Crippen LogP contribution >= 0.6 is 11.6 Å². The van der Waals surface area contributed by atoms with Crippen molar-refractivity contribution in [3.8, 4) is 0 Å². The summed E-state index contributed by atoms with van der Waals surface area (Å²) in [5.74, 6) is -0.746. The first-order chi connectivity index (χ1) is 12.0. The van der Waals surface area contributed by atoms with Crippen molar-refractivity contribution in [2.45, 2.75) is 19.3 Å². The van der Waals surface area contributed by atoms with E-state index in [1.54, 1.807) is 4.90 Å². The van der Waals surface area contributed by atoms with Crippen LogP contribution in [0.2, 0.25) is 5.02 Å². The van der Waals surface area contributed by atoms with E-state index < -0.39 is 5.82 Å². The highest BCUT2D eigenvalue weighted by Gasteiger charge is 2.29. The Bertz CT molecular complexity index is 779. The standard InChI is InChI=1S/C20H19ClFNO2/c21-18-12-16(22)8-9-17(18)20(25)23-10-4-7-15(13-23)19(24)11-14-5-2-1-3-6-14/h1-3,5-6,8-9,12,15H,4,7,10-11,13H2/t15-/m1/s1. The average molecular weight is 360 g/mol. The lowest BCUT2D eigenvalue weighted by Gasteiger charge is -2.32. The van der Waals surface area contributed by atoms with Crippen LogP contribution in [0.25, 0.3) is 0 Å². The Morgan fingerprint density at radius 2 is 1.92 bits per heavy atom. The van der Waals surface area contributed by atoms with Gasteiger partial charge in [0.05, 0.1) is 10.6 Å². The van der Waals surface area contributed by atoms with Crippen LogP contribution < -0.4 is 0 Å². The van der Waals surface area contributed by atoms with Crippen molar-refractivity contribution in [1.82, 2.24) is 4.90 Å². The number of nitrogens with zero attached hydrogens (tertiary/aromatic N) is 1. The SMILES string of the molecule is O=C(Cc1ccccc1)[C@@H]1CCCN(C(=O)c2ccc(F)cc2Cl)C1. The summed E-state index contributed by atoms with van der Waals surface area (Å²) in [5, 5.41) is 0.0998. The van der Waals surface area contributed by atoms with Crippen molar-refractivity contribution in [2.24, 2.45) is 5.92 Å². The van der Waals surface area contributed by atoms with Crippen molar-refractivity contribution in [3.63, 3.8) is 0 Å². The monoisotopic (exact) mass is 359 g/mol. The molecule has 5 heteroatoms. The summed E-state index contributed by atoms with van der Waals surface area (Å²) >= 11 is 6.00. The molecule has 2 aromatic carbocycles. The molecule has 1 heterocycles. The molecule has 0 aliphatic carbocycles. The molecule has 0 aromatic heterocycles.